The van der Waals surface area contributed by atoms with E-state index in [0.29, 0.717) is 55.4 Å². The van der Waals surface area contributed by atoms with E-state index in [4.69, 9.17) is 4.42 Å². The van der Waals surface area contributed by atoms with Gasteiger partial charge in [-0.1, -0.05) is 6.07 Å². The number of pyridine rings is 1. The number of carbonyl (C=O) groups excluding carboxylic acids is 2. The van der Waals surface area contributed by atoms with E-state index in [-0.39, 0.29) is 11.8 Å². The van der Waals surface area contributed by atoms with E-state index < -0.39 is 0 Å². The summed E-state index contributed by atoms with van der Waals surface area (Å²) in [4.78, 5) is 35.0. The van der Waals surface area contributed by atoms with Crippen molar-refractivity contribution in [2.24, 2.45) is 0 Å². The minimum atomic E-state index is -0.144. The number of thiophene rings is 1. The fraction of sp³-hybridized carbons (Fsp3) is 0.318. The van der Waals surface area contributed by atoms with Crippen molar-refractivity contribution in [1.82, 2.24) is 15.2 Å². The largest absolute Gasteiger partial charge is 0.466 e. The summed E-state index contributed by atoms with van der Waals surface area (Å²) in [6.07, 6.45) is 1.69. The van der Waals surface area contributed by atoms with Gasteiger partial charge in [0.15, 0.2) is 0 Å². The zero-order valence-electron chi connectivity index (χ0n) is 17.1. The number of aromatic nitrogens is 1. The molecule has 1 aliphatic rings. The Morgan fingerprint density at radius 2 is 1.93 bits per heavy atom. The lowest BCUT2D eigenvalue weighted by Gasteiger charge is -2.36. The Hall–Kier alpha value is -3.13. The van der Waals surface area contributed by atoms with Gasteiger partial charge in [-0.2, -0.15) is 0 Å². The van der Waals surface area contributed by atoms with Crippen LogP contribution >= 0.6 is 11.3 Å². The Bertz CT molecular complexity index is 1040. The molecule has 4 rings (SSSR count). The van der Waals surface area contributed by atoms with E-state index in [9.17, 15) is 9.59 Å². The van der Waals surface area contributed by atoms with Crippen molar-refractivity contribution in [3.8, 4) is 0 Å². The quantitative estimate of drug-likeness (QED) is 0.680. The average Bonchev–Trinajstić information content (AvgIpc) is 3.40. The molecule has 0 aliphatic carbocycles. The van der Waals surface area contributed by atoms with E-state index >= 15 is 0 Å². The molecule has 1 fully saturated rings. The van der Waals surface area contributed by atoms with Crippen LogP contribution in [0.3, 0.4) is 0 Å². The summed E-state index contributed by atoms with van der Waals surface area (Å²) >= 11 is 1.61. The Morgan fingerprint density at radius 1 is 1.13 bits per heavy atom. The first-order valence-corrected chi connectivity index (χ1v) is 10.8. The number of amides is 2. The van der Waals surface area contributed by atoms with Crippen molar-refractivity contribution in [3.05, 3.63) is 69.4 Å². The minimum Gasteiger partial charge on any atom is -0.466 e. The molecular weight excluding hydrogens is 400 g/mol. The molecule has 3 aromatic rings. The van der Waals surface area contributed by atoms with Crippen LogP contribution in [0.5, 0.6) is 0 Å². The zero-order valence-corrected chi connectivity index (χ0v) is 17.9. The van der Waals surface area contributed by atoms with Crippen molar-refractivity contribution in [3.63, 3.8) is 0 Å². The summed E-state index contributed by atoms with van der Waals surface area (Å²) in [5.41, 5.74) is 1.17. The van der Waals surface area contributed by atoms with Gasteiger partial charge in [-0.05, 0) is 43.5 Å². The maximum absolute atomic E-state index is 12.8. The van der Waals surface area contributed by atoms with E-state index in [0.717, 1.165) is 10.6 Å². The Morgan fingerprint density at radius 3 is 2.60 bits per heavy atom. The first-order valence-electron chi connectivity index (χ1n) is 9.90. The third-order valence-corrected chi connectivity index (χ3v) is 6.05. The van der Waals surface area contributed by atoms with Gasteiger partial charge in [-0.3, -0.25) is 9.59 Å². The molecular formula is C22H24N4O3S. The Labute approximate surface area is 179 Å². The van der Waals surface area contributed by atoms with Crippen LogP contribution in [0.2, 0.25) is 0 Å². The van der Waals surface area contributed by atoms with Crippen molar-refractivity contribution >= 4 is 29.0 Å². The predicted molar refractivity (Wildman–Crippen MR) is 116 cm³/mol. The second-order valence-electron chi connectivity index (χ2n) is 7.24. The fourth-order valence-corrected chi connectivity index (χ4v) is 4.28. The maximum atomic E-state index is 12.8. The van der Waals surface area contributed by atoms with Crippen LogP contribution in [-0.2, 0) is 6.54 Å². The molecule has 0 spiro atoms. The lowest BCUT2D eigenvalue weighted by molar-refractivity contribution is 0.0744. The first kappa shape index (κ1) is 20.2. The molecule has 30 heavy (non-hydrogen) atoms. The third-order valence-electron chi connectivity index (χ3n) is 5.17. The normalized spacial score (nSPS) is 14.1. The second kappa shape index (κ2) is 8.71. The van der Waals surface area contributed by atoms with Crippen LogP contribution < -0.4 is 10.2 Å². The lowest BCUT2D eigenvalue weighted by Crippen LogP contribution is -2.49. The van der Waals surface area contributed by atoms with Gasteiger partial charge >= 0.3 is 0 Å². The fourth-order valence-electron chi connectivity index (χ4n) is 3.64. The smallest absolute Gasteiger partial charge is 0.257 e. The average molecular weight is 425 g/mol. The molecule has 1 N–H and O–H groups in total. The van der Waals surface area contributed by atoms with Crippen molar-refractivity contribution < 1.29 is 14.0 Å². The molecule has 0 aromatic carbocycles. The molecule has 156 valence electrons. The minimum absolute atomic E-state index is 0.0149. The summed E-state index contributed by atoms with van der Waals surface area (Å²) in [6, 6.07) is 9.32. The van der Waals surface area contributed by atoms with E-state index in [2.05, 4.69) is 15.2 Å². The van der Waals surface area contributed by atoms with Crippen LogP contribution in [0.4, 0.5) is 5.82 Å². The highest BCUT2D eigenvalue weighted by molar-refractivity contribution is 7.09. The van der Waals surface area contributed by atoms with Gasteiger partial charge in [0.25, 0.3) is 11.8 Å². The number of carbonyl (C=O) groups is 2. The summed E-state index contributed by atoms with van der Waals surface area (Å²) in [5.74, 6) is 1.88. The standard InChI is InChI=1S/C22H24N4O3S/c1-15-13-19(16(2)29-15)22(28)26-10-8-25(9-11-26)20-18(6-3-7-23-20)21(27)24-14-17-5-4-12-30-17/h3-7,12-13H,8-11,14H2,1-2H3,(H,24,27). The topological polar surface area (TPSA) is 78.7 Å². The highest BCUT2D eigenvalue weighted by atomic mass is 32.1. The number of nitrogens with zero attached hydrogens (tertiary/aromatic N) is 3. The van der Waals surface area contributed by atoms with E-state index in [1.807, 2.05) is 36.3 Å². The van der Waals surface area contributed by atoms with Gasteiger partial charge < -0.3 is 19.5 Å². The highest BCUT2D eigenvalue weighted by Gasteiger charge is 2.27. The summed E-state index contributed by atoms with van der Waals surface area (Å²) < 4.78 is 5.50. The molecule has 3 aromatic heterocycles. The first-order chi connectivity index (χ1) is 14.5. The lowest BCUT2D eigenvalue weighted by atomic mass is 10.1. The molecule has 2 amide bonds. The number of rotatable bonds is 5. The molecule has 7 nitrogen and oxygen atoms in total. The van der Waals surface area contributed by atoms with Gasteiger partial charge in [-0.15, -0.1) is 11.3 Å². The number of hydrogen-bond donors (Lipinski definition) is 1. The summed E-state index contributed by atoms with van der Waals surface area (Å²) in [6.45, 7) is 6.51. The third kappa shape index (κ3) is 4.23. The van der Waals surface area contributed by atoms with Crippen LogP contribution in [0.15, 0.2) is 46.3 Å². The summed E-state index contributed by atoms with van der Waals surface area (Å²) in [5, 5.41) is 4.96. The van der Waals surface area contributed by atoms with Crippen molar-refractivity contribution in [2.45, 2.75) is 20.4 Å². The molecule has 0 unspecified atom stereocenters. The number of anilines is 1. The predicted octanol–water partition coefficient (Wildman–Crippen LogP) is 3.25. The molecule has 0 saturated carbocycles. The van der Waals surface area contributed by atoms with Crippen molar-refractivity contribution in [2.75, 3.05) is 31.1 Å². The number of nitrogens with one attached hydrogen (secondary N) is 1. The number of hydrogen-bond acceptors (Lipinski definition) is 6. The van der Waals surface area contributed by atoms with E-state index in [1.54, 1.807) is 35.7 Å². The number of furan rings is 1. The van der Waals surface area contributed by atoms with Crippen LogP contribution in [0, 0.1) is 13.8 Å². The van der Waals surface area contributed by atoms with Gasteiger partial charge in [0.2, 0.25) is 0 Å². The monoisotopic (exact) mass is 424 g/mol. The molecule has 1 aliphatic heterocycles. The Kier molecular flexibility index (Phi) is 5.85. The number of aryl methyl sites for hydroxylation is 2. The Balaban J connectivity index is 1.41. The van der Waals surface area contributed by atoms with Crippen LogP contribution in [0.25, 0.3) is 0 Å². The maximum Gasteiger partial charge on any atom is 0.257 e. The molecule has 0 radical (unpaired) electrons. The molecule has 4 heterocycles. The second-order valence-corrected chi connectivity index (χ2v) is 8.28. The van der Waals surface area contributed by atoms with E-state index in [1.165, 1.54) is 0 Å². The van der Waals surface area contributed by atoms with Gasteiger partial charge in [0.05, 0.1) is 17.7 Å². The molecule has 8 heteroatoms. The van der Waals surface area contributed by atoms with Gasteiger partial charge in [-0.25, -0.2) is 4.98 Å². The zero-order chi connectivity index (χ0) is 21.1. The van der Waals surface area contributed by atoms with Crippen LogP contribution in [-0.4, -0.2) is 47.9 Å². The summed E-state index contributed by atoms with van der Waals surface area (Å²) in [7, 11) is 0. The molecule has 0 atom stereocenters. The van der Waals surface area contributed by atoms with Gasteiger partial charge in [0, 0.05) is 37.3 Å². The SMILES string of the molecule is Cc1cc(C(=O)N2CCN(c3ncccc3C(=O)NCc3cccs3)CC2)c(C)o1. The van der Waals surface area contributed by atoms with Gasteiger partial charge in [0.1, 0.15) is 17.3 Å². The van der Waals surface area contributed by atoms with Crippen LogP contribution in [0.1, 0.15) is 37.1 Å². The van der Waals surface area contributed by atoms with Crippen molar-refractivity contribution in [1.29, 1.82) is 0 Å². The highest BCUT2D eigenvalue weighted by Crippen LogP contribution is 2.22. The molecule has 0 bridgehead atoms. The number of piperazine rings is 1. The molecule has 1 saturated heterocycles.